The van der Waals surface area contributed by atoms with Gasteiger partial charge < -0.3 is 14.6 Å². The predicted molar refractivity (Wildman–Crippen MR) is 81.8 cm³/mol. The fraction of sp³-hybridized carbons (Fsp3) is 0.647. The lowest BCUT2D eigenvalue weighted by Gasteiger charge is -2.36. The molecule has 1 aromatic carbocycles. The number of aryl methyl sites for hydroxylation is 1. The van der Waals surface area contributed by atoms with Gasteiger partial charge in [-0.1, -0.05) is 17.7 Å². The molecule has 2 aliphatic rings. The van der Waals surface area contributed by atoms with Crippen molar-refractivity contribution in [3.63, 3.8) is 0 Å². The van der Waals surface area contributed by atoms with Gasteiger partial charge in [0, 0.05) is 45.6 Å². The fourth-order valence-corrected chi connectivity index (χ4v) is 3.38. The zero-order valence-corrected chi connectivity index (χ0v) is 13.0. The minimum Gasteiger partial charge on any atom is -0.488 e. The lowest BCUT2D eigenvalue weighted by molar-refractivity contribution is -0.0789. The number of ether oxygens (including phenoxy) is 2. The van der Waals surface area contributed by atoms with E-state index in [9.17, 15) is 5.11 Å². The van der Waals surface area contributed by atoms with Gasteiger partial charge in [0.2, 0.25) is 0 Å². The second kappa shape index (κ2) is 5.95. The van der Waals surface area contributed by atoms with E-state index in [1.165, 1.54) is 11.1 Å². The van der Waals surface area contributed by atoms with Crippen molar-refractivity contribution in [1.82, 2.24) is 4.90 Å². The first kappa shape index (κ1) is 14.8. The van der Waals surface area contributed by atoms with E-state index in [1.54, 1.807) is 0 Å². The largest absolute Gasteiger partial charge is 0.488 e. The van der Waals surface area contributed by atoms with Crippen LogP contribution in [0.5, 0.6) is 5.75 Å². The van der Waals surface area contributed by atoms with Crippen molar-refractivity contribution in [3.05, 3.63) is 29.3 Å². The topological polar surface area (TPSA) is 41.9 Å². The minimum absolute atomic E-state index is 0.190. The average Bonchev–Trinajstić information content (AvgIpc) is 2.79. The number of benzene rings is 1. The molecule has 1 saturated heterocycles. The van der Waals surface area contributed by atoms with E-state index in [-0.39, 0.29) is 6.10 Å². The summed E-state index contributed by atoms with van der Waals surface area (Å²) >= 11 is 0. The van der Waals surface area contributed by atoms with Crippen LogP contribution in [0.4, 0.5) is 0 Å². The van der Waals surface area contributed by atoms with Crippen molar-refractivity contribution in [1.29, 1.82) is 0 Å². The molecule has 4 heteroatoms. The molecule has 0 aromatic heterocycles. The summed E-state index contributed by atoms with van der Waals surface area (Å²) in [6.07, 6.45) is 2.60. The van der Waals surface area contributed by atoms with Gasteiger partial charge >= 0.3 is 0 Å². The molecule has 3 rings (SSSR count). The van der Waals surface area contributed by atoms with Crippen molar-refractivity contribution in [2.24, 2.45) is 0 Å². The number of fused-ring (bicyclic) bond motifs is 1. The Balaban J connectivity index is 1.53. The van der Waals surface area contributed by atoms with Gasteiger partial charge in [-0.2, -0.15) is 0 Å². The van der Waals surface area contributed by atoms with Crippen molar-refractivity contribution in [3.8, 4) is 5.75 Å². The van der Waals surface area contributed by atoms with Crippen molar-refractivity contribution in [2.75, 3.05) is 33.4 Å². The van der Waals surface area contributed by atoms with Gasteiger partial charge in [-0.25, -0.2) is 0 Å². The summed E-state index contributed by atoms with van der Waals surface area (Å²) in [5, 5.41) is 10.6. The standard InChI is InChI=1S/C17H25NO3/c1-13-3-4-16-14(9-13)10-15(21-16)11-18(2)12-17(19)5-7-20-8-6-17/h3-4,9,15,19H,5-8,10-12H2,1-2H3. The van der Waals surface area contributed by atoms with Gasteiger partial charge in [-0.3, -0.25) is 4.90 Å². The highest BCUT2D eigenvalue weighted by Gasteiger charge is 2.32. The highest BCUT2D eigenvalue weighted by molar-refractivity contribution is 5.40. The lowest BCUT2D eigenvalue weighted by Crippen LogP contribution is -2.47. The van der Waals surface area contributed by atoms with Gasteiger partial charge in [0.25, 0.3) is 0 Å². The third-order valence-corrected chi connectivity index (χ3v) is 4.46. The van der Waals surface area contributed by atoms with Crippen LogP contribution in [0.1, 0.15) is 24.0 Å². The van der Waals surface area contributed by atoms with Crippen LogP contribution < -0.4 is 4.74 Å². The summed E-state index contributed by atoms with van der Waals surface area (Å²) in [7, 11) is 2.06. The Morgan fingerprint density at radius 2 is 2.10 bits per heavy atom. The Morgan fingerprint density at radius 1 is 1.33 bits per heavy atom. The molecule has 0 radical (unpaired) electrons. The van der Waals surface area contributed by atoms with Crippen LogP contribution in [0.25, 0.3) is 0 Å². The third-order valence-electron chi connectivity index (χ3n) is 4.46. The van der Waals surface area contributed by atoms with Crippen LogP contribution in [0.3, 0.4) is 0 Å². The first-order valence-electron chi connectivity index (χ1n) is 7.79. The van der Waals surface area contributed by atoms with Gasteiger partial charge in [0.15, 0.2) is 0 Å². The quantitative estimate of drug-likeness (QED) is 0.918. The molecule has 4 nitrogen and oxygen atoms in total. The van der Waals surface area contributed by atoms with Crippen LogP contribution in [0.2, 0.25) is 0 Å². The molecule has 0 bridgehead atoms. The lowest BCUT2D eigenvalue weighted by atomic mass is 9.94. The first-order valence-corrected chi connectivity index (χ1v) is 7.79. The molecule has 0 amide bonds. The smallest absolute Gasteiger partial charge is 0.123 e. The molecular weight excluding hydrogens is 266 g/mol. The normalized spacial score (nSPS) is 23.9. The molecule has 116 valence electrons. The van der Waals surface area contributed by atoms with Gasteiger partial charge in [0.05, 0.1) is 5.60 Å². The fourth-order valence-electron chi connectivity index (χ4n) is 3.38. The molecule has 1 atom stereocenters. The van der Waals surface area contributed by atoms with E-state index in [4.69, 9.17) is 9.47 Å². The third kappa shape index (κ3) is 3.57. The minimum atomic E-state index is -0.602. The average molecular weight is 291 g/mol. The Labute approximate surface area is 126 Å². The van der Waals surface area contributed by atoms with E-state index < -0.39 is 5.60 Å². The van der Waals surface area contributed by atoms with E-state index in [0.717, 1.165) is 31.6 Å². The highest BCUT2D eigenvalue weighted by Crippen LogP contribution is 2.30. The van der Waals surface area contributed by atoms with Crippen molar-refractivity contribution >= 4 is 0 Å². The zero-order chi connectivity index (χ0) is 14.9. The highest BCUT2D eigenvalue weighted by atomic mass is 16.5. The second-order valence-corrected chi connectivity index (χ2v) is 6.59. The number of rotatable bonds is 4. The maximum absolute atomic E-state index is 10.6. The maximum atomic E-state index is 10.6. The summed E-state index contributed by atoms with van der Waals surface area (Å²) in [4.78, 5) is 2.19. The molecule has 0 saturated carbocycles. The molecule has 2 heterocycles. The van der Waals surface area contributed by atoms with E-state index in [1.807, 2.05) is 0 Å². The van der Waals surface area contributed by atoms with Crippen LogP contribution in [0, 0.1) is 6.92 Å². The van der Waals surface area contributed by atoms with Gasteiger partial charge in [-0.15, -0.1) is 0 Å². The van der Waals surface area contributed by atoms with Gasteiger partial charge in [-0.05, 0) is 25.6 Å². The molecular formula is C17H25NO3. The number of hydrogen-bond donors (Lipinski definition) is 1. The van der Waals surface area contributed by atoms with Crippen LogP contribution in [-0.2, 0) is 11.2 Å². The molecule has 1 aromatic rings. The SMILES string of the molecule is Cc1ccc2c(c1)CC(CN(C)CC1(O)CCOCC1)O2. The molecule has 21 heavy (non-hydrogen) atoms. The Bertz CT molecular complexity index is 497. The molecule has 1 unspecified atom stereocenters. The predicted octanol–water partition coefficient (Wildman–Crippen LogP) is 1.77. The summed E-state index contributed by atoms with van der Waals surface area (Å²) in [5.74, 6) is 1.02. The van der Waals surface area contributed by atoms with Crippen molar-refractivity contribution in [2.45, 2.75) is 37.9 Å². The summed E-state index contributed by atoms with van der Waals surface area (Å²) < 4.78 is 11.3. The summed E-state index contributed by atoms with van der Waals surface area (Å²) in [6.45, 7) is 4.97. The number of likely N-dealkylation sites (N-methyl/N-ethyl adjacent to an activating group) is 1. The van der Waals surface area contributed by atoms with E-state index >= 15 is 0 Å². The van der Waals surface area contributed by atoms with Crippen molar-refractivity contribution < 1.29 is 14.6 Å². The van der Waals surface area contributed by atoms with Crippen LogP contribution in [-0.4, -0.2) is 55.1 Å². The summed E-state index contributed by atoms with van der Waals surface area (Å²) in [6, 6.07) is 6.37. The zero-order valence-electron chi connectivity index (χ0n) is 13.0. The second-order valence-electron chi connectivity index (χ2n) is 6.59. The van der Waals surface area contributed by atoms with E-state index in [0.29, 0.717) is 19.8 Å². The maximum Gasteiger partial charge on any atom is 0.123 e. The molecule has 0 spiro atoms. The first-order chi connectivity index (χ1) is 10.0. The van der Waals surface area contributed by atoms with E-state index in [2.05, 4.69) is 37.1 Å². The van der Waals surface area contributed by atoms with Gasteiger partial charge in [0.1, 0.15) is 11.9 Å². The molecule has 1 N–H and O–H groups in total. The number of hydrogen-bond acceptors (Lipinski definition) is 4. The summed E-state index contributed by atoms with van der Waals surface area (Å²) in [5.41, 5.74) is 1.98. The molecule has 2 aliphatic heterocycles. The number of aliphatic hydroxyl groups is 1. The Hall–Kier alpha value is -1.10. The molecule has 0 aliphatic carbocycles. The monoisotopic (exact) mass is 291 g/mol. The van der Waals surface area contributed by atoms with Crippen LogP contribution >= 0.6 is 0 Å². The Kier molecular flexibility index (Phi) is 4.20. The number of nitrogens with zero attached hydrogens (tertiary/aromatic N) is 1. The Morgan fingerprint density at radius 3 is 2.86 bits per heavy atom. The van der Waals surface area contributed by atoms with Crippen LogP contribution in [0.15, 0.2) is 18.2 Å². The molecule has 1 fully saturated rings.